The molecule has 0 radical (unpaired) electrons. The van der Waals surface area contributed by atoms with E-state index in [9.17, 15) is 18.0 Å². The van der Waals surface area contributed by atoms with Crippen LogP contribution in [0.5, 0.6) is 0 Å². The fourth-order valence-electron chi connectivity index (χ4n) is 1.95. The Hall–Kier alpha value is -1.28. The van der Waals surface area contributed by atoms with Crippen LogP contribution in [0.15, 0.2) is 21.4 Å². The van der Waals surface area contributed by atoms with Gasteiger partial charge >= 0.3 is 11.9 Å². The van der Waals surface area contributed by atoms with Gasteiger partial charge in [-0.2, -0.15) is 13.2 Å². The highest BCUT2D eigenvalue weighted by molar-refractivity contribution is 9.10. The van der Waals surface area contributed by atoms with E-state index in [0.29, 0.717) is 11.0 Å². The van der Waals surface area contributed by atoms with Gasteiger partial charge in [0.1, 0.15) is 6.04 Å². The lowest BCUT2D eigenvalue weighted by Crippen LogP contribution is -2.28. The number of halogens is 4. The fraction of sp³-hybridized carbons (Fsp3) is 0.364. The Morgan fingerprint density at radius 2 is 1.68 bits per heavy atom. The van der Waals surface area contributed by atoms with Crippen LogP contribution in [0, 0.1) is 0 Å². The molecule has 0 saturated carbocycles. The highest BCUT2D eigenvalue weighted by Gasteiger charge is 2.39. The van der Waals surface area contributed by atoms with Gasteiger partial charge < -0.3 is 5.73 Å². The van der Waals surface area contributed by atoms with Crippen LogP contribution in [-0.2, 0) is 14.1 Å². The molecule has 104 valence electrons. The first kappa shape index (κ1) is 14.1. The number of alkyl halides is 3. The van der Waals surface area contributed by atoms with E-state index in [1.165, 1.54) is 28.3 Å². The zero-order chi connectivity index (χ0) is 14.5. The van der Waals surface area contributed by atoms with Gasteiger partial charge in [0, 0.05) is 18.6 Å². The molecule has 19 heavy (non-hydrogen) atoms. The minimum absolute atomic E-state index is 0.0961. The third kappa shape index (κ3) is 2.18. The van der Waals surface area contributed by atoms with Gasteiger partial charge in [-0.3, -0.25) is 9.13 Å². The lowest BCUT2D eigenvalue weighted by Gasteiger charge is -2.17. The zero-order valence-electron chi connectivity index (χ0n) is 10.1. The van der Waals surface area contributed by atoms with Crippen molar-refractivity contribution in [3.8, 4) is 0 Å². The summed E-state index contributed by atoms with van der Waals surface area (Å²) in [5, 5.41) is 0. The molecule has 2 rings (SSSR count). The summed E-state index contributed by atoms with van der Waals surface area (Å²) in [6.07, 6.45) is -4.54. The topological polar surface area (TPSA) is 53.0 Å². The fourth-order valence-corrected chi connectivity index (χ4v) is 2.53. The van der Waals surface area contributed by atoms with E-state index in [4.69, 9.17) is 5.73 Å². The number of fused-ring (bicyclic) bond motifs is 1. The number of hydrogen-bond donors (Lipinski definition) is 1. The highest BCUT2D eigenvalue weighted by Crippen LogP contribution is 2.36. The van der Waals surface area contributed by atoms with Crippen LogP contribution in [0.25, 0.3) is 11.0 Å². The van der Waals surface area contributed by atoms with Gasteiger partial charge in [0.05, 0.1) is 11.0 Å². The molecule has 0 spiro atoms. The molecule has 0 fully saturated rings. The second kappa shape index (κ2) is 4.38. The molecule has 2 aromatic rings. The highest BCUT2D eigenvalue weighted by atomic mass is 79.9. The lowest BCUT2D eigenvalue weighted by molar-refractivity contribution is -0.149. The van der Waals surface area contributed by atoms with Crippen molar-refractivity contribution in [1.29, 1.82) is 0 Å². The van der Waals surface area contributed by atoms with Crippen molar-refractivity contribution in [3.05, 3.63) is 32.7 Å². The Labute approximate surface area is 114 Å². The maximum Gasteiger partial charge on any atom is 0.407 e. The quantitative estimate of drug-likeness (QED) is 0.867. The molecular formula is C11H11BrF3N3O. The summed E-state index contributed by atoms with van der Waals surface area (Å²) in [6, 6.07) is 0.665. The van der Waals surface area contributed by atoms with Crippen LogP contribution in [0.1, 0.15) is 11.6 Å². The normalized spacial score (nSPS) is 14.1. The minimum atomic E-state index is -4.54. The summed E-state index contributed by atoms with van der Waals surface area (Å²) in [7, 11) is 3.06. The van der Waals surface area contributed by atoms with Crippen LogP contribution in [0.4, 0.5) is 13.2 Å². The van der Waals surface area contributed by atoms with Gasteiger partial charge in [-0.25, -0.2) is 4.79 Å². The Morgan fingerprint density at radius 1 is 1.21 bits per heavy atom. The summed E-state index contributed by atoms with van der Waals surface area (Å²) < 4.78 is 40.9. The SMILES string of the molecule is Cn1c(=O)n(C)c2cc(C(N)C(F)(F)F)c(Br)cc21. The molecule has 8 heteroatoms. The van der Waals surface area contributed by atoms with E-state index in [0.717, 1.165) is 0 Å². The number of hydrogen-bond acceptors (Lipinski definition) is 2. The van der Waals surface area contributed by atoms with Crippen molar-refractivity contribution < 1.29 is 13.2 Å². The Bertz CT molecular complexity index is 702. The van der Waals surface area contributed by atoms with E-state index >= 15 is 0 Å². The van der Waals surface area contributed by atoms with E-state index in [1.54, 1.807) is 7.05 Å². The zero-order valence-corrected chi connectivity index (χ0v) is 11.7. The smallest absolute Gasteiger partial charge is 0.316 e. The van der Waals surface area contributed by atoms with Crippen molar-refractivity contribution in [3.63, 3.8) is 0 Å². The summed E-state index contributed by atoms with van der Waals surface area (Å²) in [5.41, 5.74) is 5.75. The largest absolute Gasteiger partial charge is 0.407 e. The molecule has 0 aliphatic rings. The van der Waals surface area contributed by atoms with Crippen molar-refractivity contribution >= 4 is 27.0 Å². The van der Waals surface area contributed by atoms with Crippen molar-refractivity contribution in [2.24, 2.45) is 19.8 Å². The van der Waals surface area contributed by atoms with Gasteiger partial charge in [-0.15, -0.1) is 0 Å². The molecule has 2 N–H and O–H groups in total. The Morgan fingerprint density at radius 3 is 2.16 bits per heavy atom. The van der Waals surface area contributed by atoms with Crippen LogP contribution < -0.4 is 11.4 Å². The van der Waals surface area contributed by atoms with Gasteiger partial charge in [-0.1, -0.05) is 15.9 Å². The Balaban J connectivity index is 2.76. The van der Waals surface area contributed by atoms with Gasteiger partial charge in [0.15, 0.2) is 0 Å². The molecule has 1 heterocycles. The molecule has 0 amide bonds. The molecule has 1 atom stereocenters. The number of nitrogens with two attached hydrogens (primary N) is 1. The molecule has 4 nitrogen and oxygen atoms in total. The number of rotatable bonds is 1. The maximum absolute atomic E-state index is 12.7. The predicted octanol–water partition coefficient (Wildman–Crippen LogP) is 2.20. The van der Waals surface area contributed by atoms with Crippen LogP contribution in [-0.4, -0.2) is 15.3 Å². The summed E-state index contributed by atoms with van der Waals surface area (Å²) in [6.45, 7) is 0. The van der Waals surface area contributed by atoms with Crippen molar-refractivity contribution in [2.75, 3.05) is 0 Å². The summed E-state index contributed by atoms with van der Waals surface area (Å²) in [5.74, 6) is 0. The first-order valence-electron chi connectivity index (χ1n) is 5.31. The molecule has 1 unspecified atom stereocenters. The van der Waals surface area contributed by atoms with Crippen molar-refractivity contribution in [2.45, 2.75) is 12.2 Å². The molecule has 0 saturated heterocycles. The van der Waals surface area contributed by atoms with Gasteiger partial charge in [0.25, 0.3) is 0 Å². The van der Waals surface area contributed by atoms with Crippen LogP contribution >= 0.6 is 15.9 Å². The van der Waals surface area contributed by atoms with E-state index in [-0.39, 0.29) is 15.7 Å². The first-order chi connectivity index (χ1) is 8.64. The second-order valence-corrected chi connectivity index (χ2v) is 5.14. The molecule has 1 aromatic carbocycles. The van der Waals surface area contributed by atoms with Gasteiger partial charge in [-0.05, 0) is 17.7 Å². The lowest BCUT2D eigenvalue weighted by atomic mass is 10.1. The van der Waals surface area contributed by atoms with E-state index < -0.39 is 12.2 Å². The number of aryl methyl sites for hydroxylation is 2. The molecule has 0 aliphatic heterocycles. The van der Waals surface area contributed by atoms with Crippen LogP contribution in [0.3, 0.4) is 0 Å². The second-order valence-electron chi connectivity index (χ2n) is 4.28. The van der Waals surface area contributed by atoms with Crippen LogP contribution in [0.2, 0.25) is 0 Å². The molecular weight excluding hydrogens is 327 g/mol. The number of nitrogens with zero attached hydrogens (tertiary/aromatic N) is 2. The third-order valence-electron chi connectivity index (χ3n) is 3.08. The molecule has 1 aromatic heterocycles. The first-order valence-corrected chi connectivity index (χ1v) is 6.11. The van der Waals surface area contributed by atoms with Gasteiger partial charge in [0.2, 0.25) is 0 Å². The summed E-state index contributed by atoms with van der Waals surface area (Å²) >= 11 is 3.07. The average Bonchev–Trinajstić information content (AvgIpc) is 2.52. The molecule has 0 bridgehead atoms. The standard InChI is InChI=1S/C11H11BrF3N3O/c1-17-7-3-5(9(16)11(13,14)15)6(12)4-8(7)18(2)10(17)19/h3-4,9H,16H2,1-2H3. The number of aromatic nitrogens is 2. The summed E-state index contributed by atoms with van der Waals surface area (Å²) in [4.78, 5) is 11.7. The monoisotopic (exact) mass is 337 g/mol. The minimum Gasteiger partial charge on any atom is -0.316 e. The molecule has 0 aliphatic carbocycles. The predicted molar refractivity (Wildman–Crippen MR) is 68.8 cm³/mol. The van der Waals surface area contributed by atoms with E-state index in [1.807, 2.05) is 0 Å². The van der Waals surface area contributed by atoms with E-state index in [2.05, 4.69) is 15.9 Å². The Kier molecular flexibility index (Phi) is 3.26. The third-order valence-corrected chi connectivity index (χ3v) is 3.76. The number of benzene rings is 1. The number of imidazole rings is 1. The van der Waals surface area contributed by atoms with Crippen molar-refractivity contribution in [1.82, 2.24) is 9.13 Å². The average molecular weight is 338 g/mol. The maximum atomic E-state index is 12.7.